The number of unbranched alkanes of at least 4 members (excludes halogenated alkanes) is 1. The van der Waals surface area contributed by atoms with E-state index in [1.807, 2.05) is 7.05 Å². The van der Waals surface area contributed by atoms with E-state index < -0.39 is 5.91 Å². The maximum absolute atomic E-state index is 12.2. The maximum Gasteiger partial charge on any atom is 0.251 e. The molecule has 0 spiro atoms. The second-order valence-corrected chi connectivity index (χ2v) is 7.34. The molecule has 5 nitrogen and oxygen atoms in total. The summed E-state index contributed by atoms with van der Waals surface area (Å²) in [7, 11) is 2.03. The smallest absolute Gasteiger partial charge is 0.251 e. The number of aryl methyl sites for hydroxylation is 1. The Morgan fingerprint density at radius 3 is 2.70 bits per heavy atom. The normalized spacial score (nSPS) is 13.9. The first-order chi connectivity index (χ1) is 11.0. The molecule has 0 aliphatic heterocycles. The number of amides is 2. The van der Waals surface area contributed by atoms with Gasteiger partial charge in [-0.2, -0.15) is 0 Å². The number of nitrogens with two attached hydrogens (primary N) is 1. The fraction of sp³-hybridized carbons (Fsp3) is 0.647. The molecule has 6 heteroatoms. The van der Waals surface area contributed by atoms with Crippen LogP contribution in [0.25, 0.3) is 0 Å². The number of carbonyl (C=O) groups excluding carboxylic acids is 2. The van der Waals surface area contributed by atoms with Crippen LogP contribution in [0.15, 0.2) is 0 Å². The van der Waals surface area contributed by atoms with Crippen LogP contribution >= 0.6 is 11.3 Å². The summed E-state index contributed by atoms with van der Waals surface area (Å²) in [5.41, 5.74) is 7.14. The highest BCUT2D eigenvalue weighted by Gasteiger charge is 2.24. The van der Waals surface area contributed by atoms with Crippen LogP contribution in [0.1, 0.15) is 59.8 Å². The molecule has 0 saturated carbocycles. The minimum atomic E-state index is -0.431. The molecule has 0 radical (unpaired) electrons. The van der Waals surface area contributed by atoms with Crippen molar-refractivity contribution in [1.82, 2.24) is 4.90 Å². The highest BCUT2D eigenvalue weighted by Crippen LogP contribution is 2.37. The van der Waals surface area contributed by atoms with Crippen molar-refractivity contribution < 1.29 is 9.59 Å². The van der Waals surface area contributed by atoms with Gasteiger partial charge in [-0.05, 0) is 51.3 Å². The lowest BCUT2D eigenvalue weighted by atomic mass is 9.95. The van der Waals surface area contributed by atoms with E-state index in [2.05, 4.69) is 17.1 Å². The number of hydrogen-bond donors (Lipinski definition) is 2. The van der Waals surface area contributed by atoms with Gasteiger partial charge in [-0.25, -0.2) is 0 Å². The second-order valence-electron chi connectivity index (χ2n) is 6.23. The lowest BCUT2D eigenvalue weighted by Gasteiger charge is -2.15. The van der Waals surface area contributed by atoms with E-state index in [1.54, 1.807) is 0 Å². The van der Waals surface area contributed by atoms with Crippen LogP contribution in [0.3, 0.4) is 0 Å². The van der Waals surface area contributed by atoms with E-state index in [0.29, 0.717) is 17.0 Å². The minimum absolute atomic E-state index is 0.0468. The number of nitrogens with zero attached hydrogens (tertiary/aromatic N) is 1. The van der Waals surface area contributed by atoms with Crippen molar-refractivity contribution in [3.05, 3.63) is 16.0 Å². The van der Waals surface area contributed by atoms with E-state index in [0.717, 1.165) is 57.2 Å². The Balaban J connectivity index is 1.98. The van der Waals surface area contributed by atoms with Crippen molar-refractivity contribution in [2.75, 3.05) is 25.5 Å². The number of thiophene rings is 1. The standard InChI is InChI=1S/C17H27N3O2S/c1-3-4-10-20(2)11-9-14(21)19-17-15(16(18)22)12-7-5-6-8-13(12)23-17/h3-11H2,1-2H3,(H2,18,22)(H,19,21). The molecule has 0 unspecified atom stereocenters. The first-order valence-electron chi connectivity index (χ1n) is 8.45. The fourth-order valence-corrected chi connectivity index (χ4v) is 4.25. The summed E-state index contributed by atoms with van der Waals surface area (Å²) < 4.78 is 0. The molecule has 2 rings (SSSR count). The van der Waals surface area contributed by atoms with Crippen LogP contribution in [0, 0.1) is 0 Å². The van der Waals surface area contributed by atoms with Crippen LogP contribution in [0.2, 0.25) is 0 Å². The molecule has 0 atom stereocenters. The van der Waals surface area contributed by atoms with Crippen molar-refractivity contribution in [2.24, 2.45) is 5.73 Å². The van der Waals surface area contributed by atoms with Gasteiger partial charge in [0.2, 0.25) is 5.91 Å². The zero-order valence-electron chi connectivity index (χ0n) is 14.1. The highest BCUT2D eigenvalue weighted by molar-refractivity contribution is 7.17. The van der Waals surface area contributed by atoms with Gasteiger partial charge in [0, 0.05) is 17.8 Å². The lowest BCUT2D eigenvalue weighted by Crippen LogP contribution is -2.25. The monoisotopic (exact) mass is 337 g/mol. The highest BCUT2D eigenvalue weighted by atomic mass is 32.1. The minimum Gasteiger partial charge on any atom is -0.365 e. The van der Waals surface area contributed by atoms with Crippen molar-refractivity contribution in [3.63, 3.8) is 0 Å². The number of fused-ring (bicyclic) bond motifs is 1. The predicted molar refractivity (Wildman–Crippen MR) is 95.1 cm³/mol. The van der Waals surface area contributed by atoms with Gasteiger partial charge in [0.1, 0.15) is 5.00 Å². The van der Waals surface area contributed by atoms with Crippen molar-refractivity contribution >= 4 is 28.2 Å². The van der Waals surface area contributed by atoms with Gasteiger partial charge < -0.3 is 16.0 Å². The zero-order valence-corrected chi connectivity index (χ0v) is 14.9. The Kier molecular flexibility index (Phi) is 6.59. The van der Waals surface area contributed by atoms with Gasteiger partial charge in [0.25, 0.3) is 5.91 Å². The third kappa shape index (κ3) is 4.78. The van der Waals surface area contributed by atoms with E-state index in [-0.39, 0.29) is 5.91 Å². The fourth-order valence-electron chi connectivity index (χ4n) is 2.94. The Morgan fingerprint density at radius 2 is 2.00 bits per heavy atom. The van der Waals surface area contributed by atoms with E-state index in [4.69, 9.17) is 5.73 Å². The molecule has 0 aromatic carbocycles. The Bertz CT molecular complexity index is 568. The molecule has 1 aliphatic rings. The van der Waals surface area contributed by atoms with Gasteiger partial charge in [0.15, 0.2) is 0 Å². The number of hydrogen-bond acceptors (Lipinski definition) is 4. The summed E-state index contributed by atoms with van der Waals surface area (Å²) in [6, 6.07) is 0. The maximum atomic E-state index is 12.2. The third-order valence-electron chi connectivity index (χ3n) is 4.28. The number of nitrogens with one attached hydrogen (secondary N) is 1. The average molecular weight is 337 g/mol. The molecular weight excluding hydrogens is 310 g/mol. The molecule has 1 aliphatic carbocycles. The van der Waals surface area contributed by atoms with E-state index in [9.17, 15) is 9.59 Å². The Hall–Kier alpha value is -1.40. The van der Waals surface area contributed by atoms with Crippen LogP contribution in [-0.4, -0.2) is 36.9 Å². The summed E-state index contributed by atoms with van der Waals surface area (Å²) >= 11 is 1.52. The van der Waals surface area contributed by atoms with Crippen LogP contribution in [0.5, 0.6) is 0 Å². The quantitative estimate of drug-likeness (QED) is 0.766. The van der Waals surface area contributed by atoms with Gasteiger partial charge in [0.05, 0.1) is 5.56 Å². The number of rotatable bonds is 8. The second kappa shape index (κ2) is 8.45. The van der Waals surface area contributed by atoms with Crippen molar-refractivity contribution in [1.29, 1.82) is 0 Å². The van der Waals surface area contributed by atoms with Gasteiger partial charge in [-0.15, -0.1) is 11.3 Å². The molecule has 1 aromatic heterocycles. The van der Waals surface area contributed by atoms with Crippen LogP contribution < -0.4 is 11.1 Å². The SMILES string of the molecule is CCCCN(C)CCC(=O)Nc1sc2c(c1C(N)=O)CCCC2. The summed E-state index contributed by atoms with van der Waals surface area (Å²) in [6.45, 7) is 3.89. The molecule has 1 heterocycles. The molecule has 1 aromatic rings. The summed E-state index contributed by atoms with van der Waals surface area (Å²) in [4.78, 5) is 27.4. The van der Waals surface area contributed by atoms with Gasteiger partial charge in [-0.3, -0.25) is 9.59 Å². The molecule has 2 amide bonds. The lowest BCUT2D eigenvalue weighted by molar-refractivity contribution is -0.116. The van der Waals surface area contributed by atoms with Gasteiger partial charge in [-0.1, -0.05) is 13.3 Å². The van der Waals surface area contributed by atoms with Gasteiger partial charge >= 0.3 is 0 Å². The Labute approximate surface area is 142 Å². The summed E-state index contributed by atoms with van der Waals surface area (Å²) in [6.07, 6.45) is 6.82. The number of carbonyl (C=O) groups is 2. The van der Waals surface area contributed by atoms with Crippen molar-refractivity contribution in [2.45, 2.75) is 51.9 Å². The topological polar surface area (TPSA) is 75.4 Å². The molecule has 3 N–H and O–H groups in total. The molecule has 0 fully saturated rings. The molecule has 0 saturated heterocycles. The zero-order chi connectivity index (χ0) is 16.8. The van der Waals surface area contributed by atoms with Crippen molar-refractivity contribution in [3.8, 4) is 0 Å². The molecule has 0 bridgehead atoms. The summed E-state index contributed by atoms with van der Waals surface area (Å²) in [5.74, 6) is -0.478. The average Bonchev–Trinajstić information content (AvgIpc) is 2.88. The molecule has 128 valence electrons. The predicted octanol–water partition coefficient (Wildman–Crippen LogP) is 2.79. The number of anilines is 1. The Morgan fingerprint density at radius 1 is 1.26 bits per heavy atom. The first-order valence-corrected chi connectivity index (χ1v) is 9.27. The number of primary amides is 1. The summed E-state index contributed by atoms with van der Waals surface area (Å²) in [5, 5.41) is 3.56. The van der Waals surface area contributed by atoms with Crippen LogP contribution in [0.4, 0.5) is 5.00 Å². The third-order valence-corrected chi connectivity index (χ3v) is 5.49. The van der Waals surface area contributed by atoms with E-state index in [1.165, 1.54) is 16.2 Å². The van der Waals surface area contributed by atoms with E-state index >= 15 is 0 Å². The first kappa shape index (κ1) is 17.9. The van der Waals surface area contributed by atoms with Crippen LogP contribution in [-0.2, 0) is 17.6 Å². The largest absolute Gasteiger partial charge is 0.365 e. The molecular formula is C17H27N3O2S. The molecule has 23 heavy (non-hydrogen) atoms.